The molecule has 2 saturated heterocycles. The fraction of sp³-hybridized carbons (Fsp3) is 0.895. The maximum atomic E-state index is 12.3. The Kier molecular flexibility index (Phi) is 6.52. The number of carbonyl (C=O) groups is 2. The van der Waals surface area contributed by atoms with E-state index < -0.39 is 0 Å². The number of nitrogens with one attached hydrogen (secondary N) is 1. The van der Waals surface area contributed by atoms with Crippen molar-refractivity contribution in [1.29, 1.82) is 0 Å². The van der Waals surface area contributed by atoms with Gasteiger partial charge in [-0.15, -0.1) is 0 Å². The lowest BCUT2D eigenvalue weighted by molar-refractivity contribution is -0.139. The Labute approximate surface area is 146 Å². The number of rotatable bonds is 6. The first-order chi connectivity index (χ1) is 11.7. The van der Waals surface area contributed by atoms with Gasteiger partial charge in [0.15, 0.2) is 0 Å². The van der Waals surface area contributed by atoms with Gasteiger partial charge < -0.3 is 15.1 Å². The molecule has 3 rings (SSSR count). The summed E-state index contributed by atoms with van der Waals surface area (Å²) in [6.07, 6.45) is 9.96. The molecule has 0 spiro atoms. The monoisotopic (exact) mass is 335 g/mol. The van der Waals surface area contributed by atoms with Crippen molar-refractivity contribution in [3.8, 4) is 0 Å². The van der Waals surface area contributed by atoms with Gasteiger partial charge in [-0.2, -0.15) is 0 Å². The predicted octanol–water partition coefficient (Wildman–Crippen LogP) is 2.02. The molecular formula is C19H33N3O2. The fourth-order valence-corrected chi connectivity index (χ4v) is 4.44. The fourth-order valence-electron chi connectivity index (χ4n) is 4.44. The Morgan fingerprint density at radius 2 is 1.33 bits per heavy atom. The van der Waals surface area contributed by atoms with Gasteiger partial charge in [0.05, 0.1) is 0 Å². The number of piperazine rings is 1. The van der Waals surface area contributed by atoms with E-state index in [0.717, 1.165) is 58.0 Å². The summed E-state index contributed by atoms with van der Waals surface area (Å²) in [4.78, 5) is 28.6. The summed E-state index contributed by atoms with van der Waals surface area (Å²) in [5.41, 5.74) is 0. The Hall–Kier alpha value is -1.10. The van der Waals surface area contributed by atoms with Crippen molar-refractivity contribution >= 4 is 11.8 Å². The molecule has 3 fully saturated rings. The molecule has 5 nitrogen and oxygen atoms in total. The van der Waals surface area contributed by atoms with Gasteiger partial charge in [-0.3, -0.25) is 9.59 Å². The van der Waals surface area contributed by atoms with Crippen molar-refractivity contribution in [2.75, 3.05) is 39.3 Å². The Balaban J connectivity index is 1.32. The van der Waals surface area contributed by atoms with Gasteiger partial charge in [0.25, 0.3) is 0 Å². The van der Waals surface area contributed by atoms with Crippen molar-refractivity contribution in [2.24, 2.45) is 11.8 Å². The van der Waals surface area contributed by atoms with Crippen LogP contribution in [-0.4, -0.2) is 60.9 Å². The highest BCUT2D eigenvalue weighted by atomic mass is 16.2. The van der Waals surface area contributed by atoms with Gasteiger partial charge in [-0.05, 0) is 44.2 Å². The quantitative estimate of drug-likeness (QED) is 0.808. The average Bonchev–Trinajstić information content (AvgIpc) is 3.31. The van der Waals surface area contributed by atoms with E-state index in [9.17, 15) is 9.59 Å². The summed E-state index contributed by atoms with van der Waals surface area (Å²) in [5.74, 6) is 2.03. The summed E-state index contributed by atoms with van der Waals surface area (Å²) in [6, 6.07) is 0. The lowest BCUT2D eigenvalue weighted by Crippen LogP contribution is -2.50. The number of hydrogen-bond donors (Lipinski definition) is 1. The van der Waals surface area contributed by atoms with E-state index in [1.807, 2.05) is 9.80 Å². The normalized spacial score (nSPS) is 25.4. The van der Waals surface area contributed by atoms with Gasteiger partial charge in [0.2, 0.25) is 11.8 Å². The van der Waals surface area contributed by atoms with E-state index in [1.54, 1.807) is 0 Å². The van der Waals surface area contributed by atoms with Crippen LogP contribution < -0.4 is 5.32 Å². The van der Waals surface area contributed by atoms with Crippen molar-refractivity contribution in [1.82, 2.24) is 15.1 Å². The van der Waals surface area contributed by atoms with Crippen LogP contribution in [0.4, 0.5) is 0 Å². The number of amides is 2. The van der Waals surface area contributed by atoms with E-state index in [-0.39, 0.29) is 5.91 Å². The molecule has 24 heavy (non-hydrogen) atoms. The molecule has 3 aliphatic rings. The summed E-state index contributed by atoms with van der Waals surface area (Å²) >= 11 is 0. The lowest BCUT2D eigenvalue weighted by atomic mass is 10.0. The average molecular weight is 335 g/mol. The minimum absolute atomic E-state index is 0.278. The molecule has 0 aromatic carbocycles. The van der Waals surface area contributed by atoms with Crippen LogP contribution >= 0.6 is 0 Å². The van der Waals surface area contributed by atoms with Crippen LogP contribution in [0.2, 0.25) is 0 Å². The minimum Gasteiger partial charge on any atom is -0.339 e. The van der Waals surface area contributed by atoms with E-state index in [4.69, 9.17) is 0 Å². The Bertz CT molecular complexity index is 380. The van der Waals surface area contributed by atoms with E-state index in [2.05, 4.69) is 5.32 Å². The second kappa shape index (κ2) is 8.84. The van der Waals surface area contributed by atoms with E-state index in [1.165, 1.54) is 32.1 Å². The van der Waals surface area contributed by atoms with Crippen LogP contribution in [-0.2, 0) is 9.59 Å². The highest BCUT2D eigenvalue weighted by Crippen LogP contribution is 2.28. The smallest absolute Gasteiger partial charge is 0.222 e. The van der Waals surface area contributed by atoms with Gasteiger partial charge >= 0.3 is 0 Å². The molecule has 2 heterocycles. The second-order valence-electron chi connectivity index (χ2n) is 7.85. The van der Waals surface area contributed by atoms with E-state index >= 15 is 0 Å². The highest BCUT2D eigenvalue weighted by Gasteiger charge is 2.25. The zero-order valence-electron chi connectivity index (χ0n) is 15.0. The Morgan fingerprint density at radius 3 is 1.83 bits per heavy atom. The molecule has 0 aromatic heterocycles. The third-order valence-electron chi connectivity index (χ3n) is 6.16. The van der Waals surface area contributed by atoms with Crippen LogP contribution in [0.15, 0.2) is 0 Å². The number of nitrogens with zero attached hydrogens (tertiary/aromatic N) is 2. The second-order valence-corrected chi connectivity index (χ2v) is 7.85. The first-order valence-corrected chi connectivity index (χ1v) is 9.98. The summed E-state index contributed by atoms with van der Waals surface area (Å²) in [5, 5.41) is 3.36. The van der Waals surface area contributed by atoms with Crippen LogP contribution in [0.3, 0.4) is 0 Å². The molecule has 0 radical (unpaired) electrons. The largest absolute Gasteiger partial charge is 0.339 e. The maximum absolute atomic E-state index is 12.3. The zero-order valence-corrected chi connectivity index (χ0v) is 15.0. The molecule has 1 saturated carbocycles. The topological polar surface area (TPSA) is 52.7 Å². The maximum Gasteiger partial charge on any atom is 0.222 e. The molecule has 1 aliphatic carbocycles. The number of carbonyl (C=O) groups excluding carboxylic acids is 2. The summed E-state index contributed by atoms with van der Waals surface area (Å²) < 4.78 is 0. The van der Waals surface area contributed by atoms with Crippen LogP contribution in [0.5, 0.6) is 0 Å². The van der Waals surface area contributed by atoms with Crippen LogP contribution in [0.1, 0.15) is 57.8 Å². The summed E-state index contributed by atoms with van der Waals surface area (Å²) in [6.45, 7) is 5.05. The molecule has 0 aromatic rings. The van der Waals surface area contributed by atoms with Crippen molar-refractivity contribution in [3.63, 3.8) is 0 Å². The molecule has 1 N–H and O–H groups in total. The predicted molar refractivity (Wildman–Crippen MR) is 94.6 cm³/mol. The van der Waals surface area contributed by atoms with Crippen molar-refractivity contribution in [2.45, 2.75) is 57.8 Å². The van der Waals surface area contributed by atoms with Gasteiger partial charge in [0, 0.05) is 39.0 Å². The molecule has 2 amide bonds. The van der Waals surface area contributed by atoms with Crippen LogP contribution in [0.25, 0.3) is 0 Å². The van der Waals surface area contributed by atoms with Gasteiger partial charge in [-0.1, -0.05) is 25.7 Å². The molecule has 0 bridgehead atoms. The molecular weight excluding hydrogens is 302 g/mol. The molecule has 136 valence electrons. The standard InChI is InChI=1S/C19H33N3O2/c23-18(7-5-16-3-1-2-4-16)21-11-13-22(14-12-21)19(24)8-6-17-9-10-20-15-17/h16-17,20H,1-15H2. The summed E-state index contributed by atoms with van der Waals surface area (Å²) in [7, 11) is 0. The first kappa shape index (κ1) is 17.7. The highest BCUT2D eigenvalue weighted by molar-refractivity contribution is 5.78. The van der Waals surface area contributed by atoms with Gasteiger partial charge in [0.1, 0.15) is 0 Å². The third-order valence-corrected chi connectivity index (χ3v) is 6.16. The molecule has 1 atom stereocenters. The Morgan fingerprint density at radius 1 is 0.792 bits per heavy atom. The molecule has 2 aliphatic heterocycles. The zero-order chi connectivity index (χ0) is 16.8. The minimum atomic E-state index is 0.278. The van der Waals surface area contributed by atoms with Gasteiger partial charge in [-0.25, -0.2) is 0 Å². The molecule has 5 heteroatoms. The third kappa shape index (κ3) is 4.95. The SMILES string of the molecule is O=C(CCC1CCCC1)N1CCN(C(=O)CCC2CCNC2)CC1. The number of hydrogen-bond acceptors (Lipinski definition) is 3. The van der Waals surface area contributed by atoms with Crippen molar-refractivity contribution in [3.05, 3.63) is 0 Å². The first-order valence-electron chi connectivity index (χ1n) is 9.98. The van der Waals surface area contributed by atoms with E-state index in [0.29, 0.717) is 24.7 Å². The lowest BCUT2D eigenvalue weighted by Gasteiger charge is -2.35. The van der Waals surface area contributed by atoms with Crippen molar-refractivity contribution < 1.29 is 9.59 Å². The van der Waals surface area contributed by atoms with Crippen LogP contribution in [0, 0.1) is 11.8 Å². The molecule has 1 unspecified atom stereocenters.